The SMILES string of the molecule is COC(=O)C1=C(CN2C3COC[C@H]2CN(C(N)=O)C3)NC(c2nccs2)=NC1c1ccc(F)cc1Cl. The molecule has 0 saturated carbocycles. The van der Waals surface area contributed by atoms with Gasteiger partial charge in [0.2, 0.25) is 0 Å². The molecule has 2 amide bonds. The van der Waals surface area contributed by atoms with E-state index in [1.54, 1.807) is 11.1 Å². The first-order valence-corrected chi connectivity index (χ1v) is 12.5. The second-order valence-electron chi connectivity index (χ2n) is 8.65. The number of halogens is 2. The van der Waals surface area contributed by atoms with Crippen molar-refractivity contribution < 1.29 is 23.5 Å². The predicted molar refractivity (Wildman–Crippen MR) is 131 cm³/mol. The van der Waals surface area contributed by atoms with E-state index in [9.17, 15) is 14.0 Å². The molecule has 3 N–H and O–H groups in total. The molecule has 10 nitrogen and oxygen atoms in total. The summed E-state index contributed by atoms with van der Waals surface area (Å²) >= 11 is 7.81. The summed E-state index contributed by atoms with van der Waals surface area (Å²) in [5, 5.41) is 5.89. The Hall–Kier alpha value is -3.06. The maximum absolute atomic E-state index is 13.8. The third-order valence-electron chi connectivity index (χ3n) is 6.50. The molecule has 0 spiro atoms. The van der Waals surface area contributed by atoms with E-state index < -0.39 is 23.9 Å². The van der Waals surface area contributed by atoms with Gasteiger partial charge in [0.05, 0.1) is 38.0 Å². The number of nitrogens with one attached hydrogen (secondary N) is 1. The van der Waals surface area contributed by atoms with Crippen molar-refractivity contribution in [2.45, 2.75) is 18.1 Å². The van der Waals surface area contributed by atoms with Crippen LogP contribution in [-0.4, -0.2) is 84.7 Å². The minimum absolute atomic E-state index is 0.117. The van der Waals surface area contributed by atoms with Gasteiger partial charge < -0.3 is 25.4 Å². The van der Waals surface area contributed by atoms with Gasteiger partial charge in [0.15, 0.2) is 10.8 Å². The van der Waals surface area contributed by atoms with Gasteiger partial charge in [0.1, 0.15) is 11.9 Å². The van der Waals surface area contributed by atoms with Crippen LogP contribution in [0, 0.1) is 5.82 Å². The Morgan fingerprint density at radius 3 is 2.69 bits per heavy atom. The van der Waals surface area contributed by atoms with Gasteiger partial charge >= 0.3 is 12.0 Å². The highest BCUT2D eigenvalue weighted by Crippen LogP contribution is 2.37. The molecule has 36 heavy (non-hydrogen) atoms. The summed E-state index contributed by atoms with van der Waals surface area (Å²) in [6.07, 6.45) is 1.66. The Morgan fingerprint density at radius 2 is 2.08 bits per heavy atom. The molecule has 5 rings (SSSR count). The Bertz CT molecular complexity index is 1230. The number of morpholine rings is 1. The Balaban J connectivity index is 1.58. The molecular formula is C23H24ClFN6O4S. The number of nitrogens with zero attached hydrogens (tertiary/aromatic N) is 4. The molecule has 3 atom stereocenters. The Morgan fingerprint density at radius 1 is 1.33 bits per heavy atom. The number of hydrogen-bond acceptors (Lipinski definition) is 9. The van der Waals surface area contributed by atoms with Gasteiger partial charge in [-0.25, -0.2) is 19.0 Å². The van der Waals surface area contributed by atoms with Crippen molar-refractivity contribution in [1.29, 1.82) is 0 Å². The maximum atomic E-state index is 13.8. The number of urea groups is 1. The second-order valence-corrected chi connectivity index (χ2v) is 9.95. The number of rotatable bonds is 5. The Labute approximate surface area is 215 Å². The molecule has 3 aliphatic heterocycles. The molecule has 3 aliphatic rings. The number of methoxy groups -OCH3 is 1. The van der Waals surface area contributed by atoms with Gasteiger partial charge in [0.25, 0.3) is 0 Å². The van der Waals surface area contributed by atoms with E-state index in [1.807, 2.05) is 5.38 Å². The lowest BCUT2D eigenvalue weighted by atomic mass is 9.94. The number of ether oxygens (including phenoxy) is 2. The number of hydrogen-bond donors (Lipinski definition) is 2. The molecule has 2 fully saturated rings. The third-order valence-corrected chi connectivity index (χ3v) is 7.60. The summed E-state index contributed by atoms with van der Waals surface area (Å²) < 4.78 is 24.7. The largest absolute Gasteiger partial charge is 0.466 e. The number of amides is 2. The number of benzene rings is 1. The summed E-state index contributed by atoms with van der Waals surface area (Å²) in [5.41, 5.74) is 6.84. The molecule has 2 saturated heterocycles. The van der Waals surface area contributed by atoms with E-state index >= 15 is 0 Å². The van der Waals surface area contributed by atoms with Crippen molar-refractivity contribution in [3.8, 4) is 0 Å². The minimum Gasteiger partial charge on any atom is -0.466 e. The molecule has 0 radical (unpaired) electrons. The quantitative estimate of drug-likeness (QED) is 0.562. The van der Waals surface area contributed by atoms with E-state index in [4.69, 9.17) is 31.8 Å². The molecule has 2 bridgehead atoms. The highest BCUT2D eigenvalue weighted by molar-refractivity contribution is 7.11. The summed E-state index contributed by atoms with van der Waals surface area (Å²) in [6.45, 7) is 1.99. The zero-order chi connectivity index (χ0) is 25.4. The number of esters is 1. The highest BCUT2D eigenvalue weighted by Gasteiger charge is 2.42. The van der Waals surface area contributed by atoms with Crippen LogP contribution in [0.15, 0.2) is 46.0 Å². The van der Waals surface area contributed by atoms with Gasteiger partial charge in [-0.1, -0.05) is 17.7 Å². The fourth-order valence-corrected chi connectivity index (χ4v) is 5.68. The summed E-state index contributed by atoms with van der Waals surface area (Å²) in [5.74, 6) is -0.608. The van der Waals surface area contributed by atoms with Crippen LogP contribution in [-0.2, 0) is 14.3 Å². The molecule has 2 aromatic rings. The standard InChI is InChI=1S/C23H24ClFN6O4S/c1-34-22(32)18-17(9-31-13-7-30(23(26)33)8-14(31)11-35-10-13)28-20(21-27-4-5-36-21)29-19(18)15-3-2-12(25)6-16(15)24/h2-6,13-14,19H,7-11H2,1H3,(H2,26,33)(H,28,29)/t13-,14?,19?/m1/s1. The van der Waals surface area contributed by atoms with Crippen LogP contribution < -0.4 is 11.1 Å². The molecular weight excluding hydrogens is 511 g/mol. The predicted octanol–water partition coefficient (Wildman–Crippen LogP) is 1.92. The van der Waals surface area contributed by atoms with Crippen LogP contribution in [0.25, 0.3) is 0 Å². The van der Waals surface area contributed by atoms with Gasteiger partial charge in [-0.15, -0.1) is 11.3 Å². The van der Waals surface area contributed by atoms with Crippen molar-refractivity contribution in [2.24, 2.45) is 10.7 Å². The number of piperazine rings is 1. The topological polar surface area (TPSA) is 122 Å². The smallest absolute Gasteiger partial charge is 0.338 e. The lowest BCUT2D eigenvalue weighted by molar-refractivity contribution is -0.136. The van der Waals surface area contributed by atoms with Crippen molar-refractivity contribution in [2.75, 3.05) is 40.0 Å². The molecule has 4 heterocycles. The first kappa shape index (κ1) is 24.6. The van der Waals surface area contributed by atoms with Crippen LogP contribution in [0.2, 0.25) is 5.02 Å². The fourth-order valence-electron chi connectivity index (χ4n) is 4.82. The average molecular weight is 535 g/mol. The molecule has 190 valence electrons. The lowest BCUT2D eigenvalue weighted by Gasteiger charge is -2.49. The normalized spacial score (nSPS) is 24.2. The van der Waals surface area contributed by atoms with E-state index in [2.05, 4.69) is 15.2 Å². The number of primary amides is 1. The van der Waals surface area contributed by atoms with E-state index in [1.165, 1.54) is 36.6 Å². The molecule has 1 aromatic heterocycles. The zero-order valence-electron chi connectivity index (χ0n) is 19.3. The zero-order valence-corrected chi connectivity index (χ0v) is 20.9. The number of aromatic nitrogens is 1. The van der Waals surface area contributed by atoms with Crippen molar-refractivity contribution in [3.05, 3.63) is 62.5 Å². The van der Waals surface area contributed by atoms with Crippen molar-refractivity contribution in [3.63, 3.8) is 0 Å². The lowest BCUT2D eigenvalue weighted by Crippen LogP contribution is -2.66. The summed E-state index contributed by atoms with van der Waals surface area (Å²) in [6, 6.07) is 2.44. The van der Waals surface area contributed by atoms with Crippen LogP contribution >= 0.6 is 22.9 Å². The minimum atomic E-state index is -0.844. The maximum Gasteiger partial charge on any atom is 0.338 e. The van der Waals surface area contributed by atoms with Crippen molar-refractivity contribution in [1.82, 2.24) is 20.1 Å². The first-order chi connectivity index (χ1) is 17.4. The summed E-state index contributed by atoms with van der Waals surface area (Å²) in [7, 11) is 1.30. The van der Waals surface area contributed by atoms with Crippen LogP contribution in [0.5, 0.6) is 0 Å². The van der Waals surface area contributed by atoms with Gasteiger partial charge in [-0.3, -0.25) is 9.89 Å². The number of thiazole rings is 1. The first-order valence-electron chi connectivity index (χ1n) is 11.2. The van der Waals surface area contributed by atoms with Crippen LogP contribution in [0.1, 0.15) is 16.6 Å². The van der Waals surface area contributed by atoms with Gasteiger partial charge in [-0.2, -0.15) is 0 Å². The summed E-state index contributed by atoms with van der Waals surface area (Å²) in [4.78, 5) is 37.9. The molecule has 1 aromatic carbocycles. The van der Waals surface area contributed by atoms with E-state index in [-0.39, 0.29) is 22.7 Å². The van der Waals surface area contributed by atoms with E-state index in [0.29, 0.717) is 55.0 Å². The number of fused-ring (bicyclic) bond motifs is 2. The number of nitrogens with two attached hydrogens (primary N) is 1. The monoisotopic (exact) mass is 534 g/mol. The highest BCUT2D eigenvalue weighted by atomic mass is 35.5. The number of carbonyl (C=O) groups is 2. The van der Waals surface area contributed by atoms with Crippen LogP contribution in [0.3, 0.4) is 0 Å². The third kappa shape index (κ3) is 4.69. The number of carbonyl (C=O) groups excluding carboxylic acids is 2. The van der Waals surface area contributed by atoms with Crippen LogP contribution in [0.4, 0.5) is 9.18 Å². The number of aliphatic imine (C=N–C) groups is 1. The molecule has 2 unspecified atom stereocenters. The fraction of sp³-hybridized carbons (Fsp3) is 0.391. The van der Waals surface area contributed by atoms with Crippen molar-refractivity contribution >= 4 is 40.8 Å². The average Bonchev–Trinajstić information content (AvgIpc) is 3.38. The van der Waals surface area contributed by atoms with Gasteiger partial charge in [0, 0.05) is 47.5 Å². The molecule has 13 heteroatoms. The van der Waals surface area contributed by atoms with Gasteiger partial charge in [-0.05, 0) is 12.1 Å². The Kier molecular flexibility index (Phi) is 6.93. The number of amidine groups is 1. The van der Waals surface area contributed by atoms with E-state index in [0.717, 1.165) is 0 Å². The molecule has 0 aliphatic carbocycles. The second kappa shape index (κ2) is 10.1.